The van der Waals surface area contributed by atoms with Crippen LogP contribution in [0.2, 0.25) is 0 Å². The van der Waals surface area contributed by atoms with Gasteiger partial charge in [-0.1, -0.05) is 56.5 Å². The summed E-state index contributed by atoms with van der Waals surface area (Å²) >= 11 is 0. The van der Waals surface area contributed by atoms with Crippen molar-refractivity contribution in [2.45, 2.75) is 33.6 Å². The van der Waals surface area contributed by atoms with Crippen molar-refractivity contribution < 1.29 is 4.79 Å². The summed E-state index contributed by atoms with van der Waals surface area (Å²) in [7, 11) is 0. The summed E-state index contributed by atoms with van der Waals surface area (Å²) < 4.78 is 0. The lowest BCUT2D eigenvalue weighted by molar-refractivity contribution is -0.116. The maximum Gasteiger partial charge on any atom is 0.244 e. The zero-order valence-electron chi connectivity index (χ0n) is 11.6. The molecule has 0 aliphatic carbocycles. The van der Waals surface area contributed by atoms with E-state index in [9.17, 15) is 4.79 Å². The second-order valence-corrected chi connectivity index (χ2v) is 4.68. The number of aryl methyl sites for hydroxylation is 1. The highest BCUT2D eigenvalue weighted by Crippen LogP contribution is 2.06. The quantitative estimate of drug-likeness (QED) is 0.763. The lowest BCUT2D eigenvalue weighted by Crippen LogP contribution is -2.27. The summed E-state index contributed by atoms with van der Waals surface area (Å²) in [6.45, 7) is 7.13. The van der Waals surface area contributed by atoms with Crippen LogP contribution in [0, 0.1) is 12.8 Å². The van der Waals surface area contributed by atoms with Crippen LogP contribution in [0.3, 0.4) is 0 Å². The lowest BCUT2D eigenvalue weighted by Gasteiger charge is -2.11. The Morgan fingerprint density at radius 1 is 1.33 bits per heavy atom. The van der Waals surface area contributed by atoms with E-state index in [0.29, 0.717) is 5.92 Å². The Kier molecular flexibility index (Phi) is 6.20. The summed E-state index contributed by atoms with van der Waals surface area (Å²) in [5.41, 5.74) is 2.27. The van der Waals surface area contributed by atoms with Crippen molar-refractivity contribution in [1.29, 1.82) is 0 Å². The molecule has 1 amide bonds. The fourth-order valence-electron chi connectivity index (χ4n) is 1.83. The van der Waals surface area contributed by atoms with Crippen LogP contribution in [-0.2, 0) is 4.79 Å². The first-order chi connectivity index (χ1) is 8.65. The molecule has 0 aliphatic rings. The zero-order valence-corrected chi connectivity index (χ0v) is 11.6. The SMILES string of the molecule is CCC(CC)CNC(=O)/C=C/c1cccc(C)c1. The van der Waals surface area contributed by atoms with Gasteiger partial charge in [-0.15, -0.1) is 0 Å². The number of nitrogens with one attached hydrogen (secondary N) is 1. The van der Waals surface area contributed by atoms with Crippen LogP contribution < -0.4 is 5.32 Å². The van der Waals surface area contributed by atoms with Crippen LogP contribution >= 0.6 is 0 Å². The average molecular weight is 245 g/mol. The number of rotatable bonds is 6. The normalized spacial score (nSPS) is 11.1. The largest absolute Gasteiger partial charge is 0.352 e. The molecular formula is C16H23NO. The molecule has 18 heavy (non-hydrogen) atoms. The maximum absolute atomic E-state index is 11.6. The van der Waals surface area contributed by atoms with Gasteiger partial charge in [0.05, 0.1) is 0 Å². The first-order valence-corrected chi connectivity index (χ1v) is 6.68. The minimum Gasteiger partial charge on any atom is -0.352 e. The van der Waals surface area contributed by atoms with E-state index in [2.05, 4.69) is 25.2 Å². The predicted octanol–water partition coefficient (Wildman–Crippen LogP) is 3.56. The molecule has 1 rings (SSSR count). The van der Waals surface area contributed by atoms with Gasteiger partial charge in [-0.25, -0.2) is 0 Å². The highest BCUT2D eigenvalue weighted by atomic mass is 16.1. The summed E-state index contributed by atoms with van der Waals surface area (Å²) in [5, 5.41) is 2.94. The Morgan fingerprint density at radius 2 is 2.06 bits per heavy atom. The van der Waals surface area contributed by atoms with Gasteiger partial charge in [-0.05, 0) is 24.5 Å². The van der Waals surface area contributed by atoms with Gasteiger partial charge in [-0.2, -0.15) is 0 Å². The molecule has 0 spiro atoms. The van der Waals surface area contributed by atoms with E-state index in [1.54, 1.807) is 6.08 Å². The van der Waals surface area contributed by atoms with Crippen LogP contribution in [0.15, 0.2) is 30.3 Å². The molecule has 1 aromatic carbocycles. The Bertz CT molecular complexity index is 405. The second kappa shape index (κ2) is 7.70. The molecule has 0 aromatic heterocycles. The lowest BCUT2D eigenvalue weighted by atomic mass is 10.0. The van der Waals surface area contributed by atoms with Gasteiger partial charge in [0.25, 0.3) is 0 Å². The molecule has 98 valence electrons. The smallest absolute Gasteiger partial charge is 0.244 e. The van der Waals surface area contributed by atoms with Gasteiger partial charge in [0, 0.05) is 12.6 Å². The van der Waals surface area contributed by atoms with E-state index >= 15 is 0 Å². The third-order valence-corrected chi connectivity index (χ3v) is 3.19. The molecule has 0 heterocycles. The van der Waals surface area contributed by atoms with E-state index in [0.717, 1.165) is 24.9 Å². The van der Waals surface area contributed by atoms with Crippen molar-refractivity contribution in [1.82, 2.24) is 5.32 Å². The fraction of sp³-hybridized carbons (Fsp3) is 0.438. The predicted molar refractivity (Wildman–Crippen MR) is 77.3 cm³/mol. The molecule has 0 saturated carbocycles. The third kappa shape index (κ3) is 5.17. The van der Waals surface area contributed by atoms with E-state index in [4.69, 9.17) is 0 Å². The number of hydrogen-bond donors (Lipinski definition) is 1. The number of amides is 1. The van der Waals surface area contributed by atoms with Gasteiger partial charge >= 0.3 is 0 Å². The number of hydrogen-bond acceptors (Lipinski definition) is 1. The first kappa shape index (κ1) is 14.5. The maximum atomic E-state index is 11.6. The van der Waals surface area contributed by atoms with Crippen molar-refractivity contribution >= 4 is 12.0 Å². The number of benzene rings is 1. The van der Waals surface area contributed by atoms with Gasteiger partial charge in [0.2, 0.25) is 5.91 Å². The van der Waals surface area contributed by atoms with Crippen LogP contribution in [0.5, 0.6) is 0 Å². The number of carbonyl (C=O) groups is 1. The van der Waals surface area contributed by atoms with Gasteiger partial charge in [0.15, 0.2) is 0 Å². The third-order valence-electron chi connectivity index (χ3n) is 3.19. The van der Waals surface area contributed by atoms with Crippen molar-refractivity contribution in [2.75, 3.05) is 6.54 Å². The van der Waals surface area contributed by atoms with E-state index < -0.39 is 0 Å². The molecule has 2 heteroatoms. The average Bonchev–Trinajstić information content (AvgIpc) is 2.37. The second-order valence-electron chi connectivity index (χ2n) is 4.68. The fourth-order valence-corrected chi connectivity index (χ4v) is 1.83. The molecule has 0 aliphatic heterocycles. The Labute approximate surface area is 110 Å². The summed E-state index contributed by atoms with van der Waals surface area (Å²) in [4.78, 5) is 11.6. The van der Waals surface area contributed by atoms with Crippen LogP contribution in [0.1, 0.15) is 37.8 Å². The molecular weight excluding hydrogens is 222 g/mol. The van der Waals surface area contributed by atoms with Gasteiger partial charge < -0.3 is 5.32 Å². The number of carbonyl (C=O) groups excluding carboxylic acids is 1. The van der Waals surface area contributed by atoms with Crippen LogP contribution in [0.4, 0.5) is 0 Å². The highest BCUT2D eigenvalue weighted by Gasteiger charge is 2.03. The minimum atomic E-state index is -0.0107. The topological polar surface area (TPSA) is 29.1 Å². The van der Waals surface area contributed by atoms with E-state index in [1.165, 1.54) is 5.56 Å². The van der Waals surface area contributed by atoms with Crippen LogP contribution in [0.25, 0.3) is 6.08 Å². The molecule has 0 fully saturated rings. The van der Waals surface area contributed by atoms with Crippen LogP contribution in [-0.4, -0.2) is 12.5 Å². The molecule has 0 radical (unpaired) electrons. The van der Waals surface area contributed by atoms with Crippen molar-refractivity contribution in [3.63, 3.8) is 0 Å². The zero-order chi connectivity index (χ0) is 13.4. The molecule has 1 N–H and O–H groups in total. The summed E-state index contributed by atoms with van der Waals surface area (Å²) in [6, 6.07) is 8.10. The van der Waals surface area contributed by atoms with Crippen molar-refractivity contribution in [3.8, 4) is 0 Å². The Hall–Kier alpha value is -1.57. The highest BCUT2D eigenvalue weighted by molar-refractivity contribution is 5.91. The monoisotopic (exact) mass is 245 g/mol. The standard InChI is InChI=1S/C16H23NO/c1-4-14(5-2)12-17-16(18)10-9-15-8-6-7-13(3)11-15/h6-11,14H,4-5,12H2,1-3H3,(H,17,18)/b10-9+. The van der Waals surface area contributed by atoms with Gasteiger partial charge in [-0.3, -0.25) is 4.79 Å². The Balaban J connectivity index is 2.45. The van der Waals surface area contributed by atoms with E-state index in [-0.39, 0.29) is 5.91 Å². The minimum absolute atomic E-state index is 0.0107. The van der Waals surface area contributed by atoms with Crippen molar-refractivity contribution in [3.05, 3.63) is 41.5 Å². The first-order valence-electron chi connectivity index (χ1n) is 6.68. The molecule has 2 nitrogen and oxygen atoms in total. The van der Waals surface area contributed by atoms with E-state index in [1.807, 2.05) is 31.2 Å². The Morgan fingerprint density at radius 3 is 2.67 bits per heavy atom. The molecule has 0 unspecified atom stereocenters. The molecule has 0 bridgehead atoms. The molecule has 1 aromatic rings. The van der Waals surface area contributed by atoms with Gasteiger partial charge in [0.1, 0.15) is 0 Å². The summed E-state index contributed by atoms with van der Waals surface area (Å²) in [5.74, 6) is 0.574. The van der Waals surface area contributed by atoms with Crippen molar-refractivity contribution in [2.24, 2.45) is 5.92 Å². The summed E-state index contributed by atoms with van der Waals surface area (Å²) in [6.07, 6.45) is 5.68. The molecule has 0 atom stereocenters. The molecule has 0 saturated heterocycles.